The molecule has 0 unspecified atom stereocenters. The van der Waals surface area contributed by atoms with Crippen molar-refractivity contribution in [2.24, 2.45) is 5.16 Å². The van der Waals surface area contributed by atoms with Crippen molar-refractivity contribution in [3.05, 3.63) is 35.4 Å². The second-order valence-corrected chi connectivity index (χ2v) is 4.68. The van der Waals surface area contributed by atoms with Gasteiger partial charge < -0.3 is 14.9 Å². The van der Waals surface area contributed by atoms with Crippen LogP contribution in [0.25, 0.3) is 0 Å². The molecule has 6 nitrogen and oxygen atoms in total. The number of carbonyl (C=O) groups is 2. The first kappa shape index (κ1) is 17.7. The maximum absolute atomic E-state index is 11.9. The second-order valence-electron chi connectivity index (χ2n) is 4.68. The molecule has 0 saturated heterocycles. The molecule has 120 valence electrons. The zero-order valence-corrected chi connectivity index (χ0v) is 13.0. The van der Waals surface area contributed by atoms with Crippen LogP contribution < -0.4 is 5.32 Å². The molecule has 0 spiro atoms. The highest BCUT2D eigenvalue weighted by atomic mass is 16.6. The minimum atomic E-state index is -0.193. The first-order chi connectivity index (χ1) is 10.7. The number of hydrogen-bond acceptors (Lipinski definition) is 5. The van der Waals surface area contributed by atoms with Gasteiger partial charge in [-0.3, -0.25) is 9.59 Å². The van der Waals surface area contributed by atoms with E-state index in [2.05, 4.69) is 20.0 Å². The van der Waals surface area contributed by atoms with Crippen molar-refractivity contribution >= 4 is 18.1 Å². The van der Waals surface area contributed by atoms with Gasteiger partial charge in [-0.15, -0.1) is 0 Å². The lowest BCUT2D eigenvalue weighted by atomic mass is 10.1. The predicted octanol–water partition coefficient (Wildman–Crippen LogP) is 2.13. The number of oxime groups is 1. The van der Waals surface area contributed by atoms with E-state index in [1.165, 1.54) is 14.2 Å². The minimum absolute atomic E-state index is 0.108. The molecule has 0 atom stereocenters. The monoisotopic (exact) mass is 306 g/mol. The Kier molecular flexibility index (Phi) is 8.33. The van der Waals surface area contributed by atoms with Gasteiger partial charge in [-0.25, -0.2) is 0 Å². The fourth-order valence-corrected chi connectivity index (χ4v) is 1.81. The van der Waals surface area contributed by atoms with E-state index in [1.807, 2.05) is 0 Å². The van der Waals surface area contributed by atoms with Gasteiger partial charge in [0.05, 0.1) is 13.3 Å². The van der Waals surface area contributed by atoms with Crippen molar-refractivity contribution in [3.8, 4) is 0 Å². The molecular weight excluding hydrogens is 284 g/mol. The first-order valence-electron chi connectivity index (χ1n) is 7.19. The van der Waals surface area contributed by atoms with E-state index < -0.39 is 0 Å². The van der Waals surface area contributed by atoms with E-state index in [-0.39, 0.29) is 11.9 Å². The molecule has 0 aliphatic heterocycles. The Hall–Kier alpha value is -2.37. The van der Waals surface area contributed by atoms with Crippen molar-refractivity contribution in [1.82, 2.24) is 5.32 Å². The highest BCUT2D eigenvalue weighted by Gasteiger charge is 2.04. The number of nitrogens with zero attached hydrogens (tertiary/aromatic N) is 1. The zero-order chi connectivity index (χ0) is 16.2. The van der Waals surface area contributed by atoms with Crippen molar-refractivity contribution in [3.63, 3.8) is 0 Å². The van der Waals surface area contributed by atoms with E-state index in [4.69, 9.17) is 0 Å². The van der Waals surface area contributed by atoms with Gasteiger partial charge in [0, 0.05) is 18.5 Å². The fourth-order valence-electron chi connectivity index (χ4n) is 1.81. The van der Waals surface area contributed by atoms with Gasteiger partial charge >= 0.3 is 5.97 Å². The summed E-state index contributed by atoms with van der Waals surface area (Å²) in [6.07, 6.45) is 4.48. The van der Waals surface area contributed by atoms with Crippen LogP contribution in [-0.2, 0) is 14.4 Å². The van der Waals surface area contributed by atoms with Crippen LogP contribution in [0.2, 0.25) is 0 Å². The topological polar surface area (TPSA) is 77.0 Å². The summed E-state index contributed by atoms with van der Waals surface area (Å²) in [5, 5.41) is 6.50. The van der Waals surface area contributed by atoms with E-state index in [1.54, 1.807) is 30.5 Å². The molecule has 1 aromatic carbocycles. The van der Waals surface area contributed by atoms with E-state index in [0.717, 1.165) is 24.8 Å². The fraction of sp³-hybridized carbons (Fsp3) is 0.438. The molecule has 0 aliphatic carbocycles. The summed E-state index contributed by atoms with van der Waals surface area (Å²) in [5.41, 5.74) is 1.46. The average molecular weight is 306 g/mol. The van der Waals surface area contributed by atoms with Crippen LogP contribution in [0.4, 0.5) is 0 Å². The van der Waals surface area contributed by atoms with Crippen LogP contribution in [0.5, 0.6) is 0 Å². The molecule has 0 radical (unpaired) electrons. The molecule has 6 heteroatoms. The van der Waals surface area contributed by atoms with Gasteiger partial charge in [-0.2, -0.15) is 0 Å². The van der Waals surface area contributed by atoms with Crippen LogP contribution in [0.3, 0.4) is 0 Å². The van der Waals surface area contributed by atoms with E-state index >= 15 is 0 Å². The summed E-state index contributed by atoms with van der Waals surface area (Å²) in [7, 11) is 2.86. The zero-order valence-electron chi connectivity index (χ0n) is 13.0. The van der Waals surface area contributed by atoms with E-state index in [0.29, 0.717) is 18.5 Å². The number of carbonyl (C=O) groups excluding carboxylic acids is 2. The molecule has 0 heterocycles. The van der Waals surface area contributed by atoms with Gasteiger partial charge in [0.25, 0.3) is 5.91 Å². The molecule has 0 saturated carbocycles. The summed E-state index contributed by atoms with van der Waals surface area (Å²) in [6, 6.07) is 7.08. The number of methoxy groups -OCH3 is 1. The molecule has 1 N–H and O–H groups in total. The second kappa shape index (κ2) is 10.4. The minimum Gasteiger partial charge on any atom is -0.469 e. The number of nitrogens with one attached hydrogen (secondary N) is 1. The molecule has 0 fully saturated rings. The quantitative estimate of drug-likeness (QED) is 0.328. The highest BCUT2D eigenvalue weighted by Crippen LogP contribution is 2.04. The standard InChI is InChI=1S/C16H22N2O4/c1-21-15(19)6-4-3-5-11-17-16(20)14-9-7-13(8-10-14)12-18-22-2/h7-10,12H,3-6,11H2,1-2H3,(H,17,20)/b18-12+. The summed E-state index contributed by atoms with van der Waals surface area (Å²) in [4.78, 5) is 27.4. The maximum atomic E-state index is 11.9. The number of ether oxygens (including phenoxy) is 1. The average Bonchev–Trinajstić information content (AvgIpc) is 2.56. The Labute approximate surface area is 130 Å². The van der Waals surface area contributed by atoms with Gasteiger partial charge in [0.15, 0.2) is 0 Å². The lowest BCUT2D eigenvalue weighted by Gasteiger charge is -2.05. The normalized spacial score (nSPS) is 10.5. The highest BCUT2D eigenvalue weighted by molar-refractivity contribution is 5.94. The largest absolute Gasteiger partial charge is 0.469 e. The van der Waals surface area contributed by atoms with Gasteiger partial charge in [0.2, 0.25) is 0 Å². The number of unbranched alkanes of at least 4 members (excludes halogenated alkanes) is 2. The first-order valence-corrected chi connectivity index (χ1v) is 7.19. The van der Waals surface area contributed by atoms with Crippen LogP contribution in [-0.4, -0.2) is 38.9 Å². The Balaban J connectivity index is 2.25. The Morgan fingerprint density at radius 1 is 1.14 bits per heavy atom. The van der Waals surface area contributed by atoms with Crippen LogP contribution in [0, 0.1) is 0 Å². The number of rotatable bonds is 9. The van der Waals surface area contributed by atoms with Gasteiger partial charge in [-0.1, -0.05) is 23.7 Å². The molecule has 22 heavy (non-hydrogen) atoms. The number of amides is 1. The van der Waals surface area contributed by atoms with Crippen LogP contribution in [0.15, 0.2) is 29.4 Å². The summed E-state index contributed by atoms with van der Waals surface area (Å²) in [5.74, 6) is -0.302. The third kappa shape index (κ3) is 6.88. The Bertz CT molecular complexity index is 497. The van der Waals surface area contributed by atoms with Crippen molar-refractivity contribution in [2.75, 3.05) is 20.8 Å². The Morgan fingerprint density at radius 3 is 2.50 bits per heavy atom. The molecule has 0 aliphatic rings. The lowest BCUT2D eigenvalue weighted by molar-refractivity contribution is -0.140. The predicted molar refractivity (Wildman–Crippen MR) is 83.9 cm³/mol. The molecule has 0 aromatic heterocycles. The third-order valence-corrected chi connectivity index (χ3v) is 3.05. The van der Waals surface area contributed by atoms with Crippen LogP contribution >= 0.6 is 0 Å². The van der Waals surface area contributed by atoms with Gasteiger partial charge in [-0.05, 0) is 30.5 Å². The Morgan fingerprint density at radius 2 is 1.86 bits per heavy atom. The van der Waals surface area contributed by atoms with E-state index in [9.17, 15) is 9.59 Å². The summed E-state index contributed by atoms with van der Waals surface area (Å²) < 4.78 is 4.56. The number of hydrogen-bond donors (Lipinski definition) is 1. The molecule has 1 amide bonds. The number of benzene rings is 1. The van der Waals surface area contributed by atoms with Crippen molar-refractivity contribution in [1.29, 1.82) is 0 Å². The molecular formula is C16H22N2O4. The number of esters is 1. The molecule has 1 rings (SSSR count). The third-order valence-electron chi connectivity index (χ3n) is 3.05. The molecule has 1 aromatic rings. The molecule has 0 bridgehead atoms. The summed E-state index contributed by atoms with van der Waals surface area (Å²) in [6.45, 7) is 0.590. The summed E-state index contributed by atoms with van der Waals surface area (Å²) >= 11 is 0. The van der Waals surface area contributed by atoms with Crippen molar-refractivity contribution in [2.45, 2.75) is 25.7 Å². The van der Waals surface area contributed by atoms with Crippen molar-refractivity contribution < 1.29 is 19.2 Å². The lowest BCUT2D eigenvalue weighted by Crippen LogP contribution is -2.24. The SMILES string of the molecule is CO/N=C/c1ccc(C(=O)NCCCCCC(=O)OC)cc1. The smallest absolute Gasteiger partial charge is 0.305 e. The van der Waals surface area contributed by atoms with Crippen LogP contribution in [0.1, 0.15) is 41.6 Å². The maximum Gasteiger partial charge on any atom is 0.305 e. The van der Waals surface area contributed by atoms with Gasteiger partial charge in [0.1, 0.15) is 7.11 Å².